The van der Waals surface area contributed by atoms with E-state index < -0.39 is 6.04 Å². The second-order valence-corrected chi connectivity index (χ2v) is 9.29. The molecule has 2 aromatic carbocycles. The third-order valence-corrected chi connectivity index (χ3v) is 6.50. The average molecular weight is 461 g/mol. The molecule has 0 bridgehead atoms. The van der Waals surface area contributed by atoms with Crippen molar-refractivity contribution in [2.24, 2.45) is 0 Å². The molecule has 0 unspecified atom stereocenters. The molecule has 2 aromatic rings. The Morgan fingerprint density at radius 2 is 1.84 bits per heavy atom. The van der Waals surface area contributed by atoms with E-state index in [9.17, 15) is 9.59 Å². The van der Waals surface area contributed by atoms with Crippen molar-refractivity contribution in [3.63, 3.8) is 0 Å². The Balaban J connectivity index is 1.79. The number of halogens is 2. The summed E-state index contributed by atoms with van der Waals surface area (Å²) in [4.78, 5) is 28.0. The lowest BCUT2D eigenvalue weighted by Crippen LogP contribution is -2.50. The van der Waals surface area contributed by atoms with Crippen molar-refractivity contribution in [2.45, 2.75) is 71.0 Å². The van der Waals surface area contributed by atoms with Crippen molar-refractivity contribution in [2.75, 3.05) is 0 Å². The van der Waals surface area contributed by atoms with E-state index in [1.807, 2.05) is 37.3 Å². The Kier molecular flexibility index (Phi) is 8.39. The van der Waals surface area contributed by atoms with E-state index in [4.69, 9.17) is 23.2 Å². The molecule has 1 aliphatic rings. The molecule has 0 radical (unpaired) electrons. The molecular formula is C25H30Cl2N2O2. The Morgan fingerprint density at radius 1 is 1.10 bits per heavy atom. The van der Waals surface area contributed by atoms with Crippen molar-refractivity contribution in [3.8, 4) is 0 Å². The highest BCUT2D eigenvalue weighted by Crippen LogP contribution is 2.24. The van der Waals surface area contributed by atoms with Gasteiger partial charge in [-0.15, -0.1) is 0 Å². The van der Waals surface area contributed by atoms with Crippen molar-refractivity contribution in [3.05, 3.63) is 69.2 Å². The predicted molar refractivity (Wildman–Crippen MR) is 126 cm³/mol. The van der Waals surface area contributed by atoms with Gasteiger partial charge in [-0.2, -0.15) is 0 Å². The molecule has 1 atom stereocenters. The van der Waals surface area contributed by atoms with E-state index in [1.165, 1.54) is 6.42 Å². The molecule has 166 valence electrons. The average Bonchev–Trinajstić information content (AvgIpc) is 2.73. The second kappa shape index (κ2) is 11.0. The van der Waals surface area contributed by atoms with Gasteiger partial charge in [0.05, 0.1) is 6.42 Å². The molecular weight excluding hydrogens is 431 g/mol. The van der Waals surface area contributed by atoms with Crippen LogP contribution in [0.25, 0.3) is 0 Å². The van der Waals surface area contributed by atoms with Gasteiger partial charge in [0, 0.05) is 22.6 Å². The predicted octanol–water partition coefficient (Wildman–Crippen LogP) is 5.71. The maximum absolute atomic E-state index is 13.3. The largest absolute Gasteiger partial charge is 0.352 e. The van der Waals surface area contributed by atoms with Crippen molar-refractivity contribution < 1.29 is 9.59 Å². The zero-order valence-corrected chi connectivity index (χ0v) is 19.7. The van der Waals surface area contributed by atoms with Crippen LogP contribution >= 0.6 is 23.2 Å². The smallest absolute Gasteiger partial charge is 0.242 e. The van der Waals surface area contributed by atoms with Crippen LogP contribution in [-0.4, -0.2) is 28.8 Å². The van der Waals surface area contributed by atoms with Crippen molar-refractivity contribution in [1.29, 1.82) is 0 Å². The molecule has 3 rings (SSSR count). The number of hydrogen-bond donors (Lipinski definition) is 1. The van der Waals surface area contributed by atoms with E-state index >= 15 is 0 Å². The summed E-state index contributed by atoms with van der Waals surface area (Å²) >= 11 is 12.4. The Labute approximate surface area is 194 Å². The fraction of sp³-hybridized carbons (Fsp3) is 0.440. The number of benzene rings is 2. The van der Waals surface area contributed by atoms with Crippen LogP contribution in [0.15, 0.2) is 42.5 Å². The van der Waals surface area contributed by atoms with E-state index in [0.29, 0.717) is 10.0 Å². The number of aryl methyl sites for hydroxylation is 1. The monoisotopic (exact) mass is 460 g/mol. The van der Waals surface area contributed by atoms with Gasteiger partial charge < -0.3 is 10.2 Å². The molecule has 1 fully saturated rings. The third kappa shape index (κ3) is 6.72. The van der Waals surface area contributed by atoms with Crippen LogP contribution < -0.4 is 5.32 Å². The van der Waals surface area contributed by atoms with Crippen LogP contribution in [0.2, 0.25) is 10.0 Å². The fourth-order valence-electron chi connectivity index (χ4n) is 4.08. The van der Waals surface area contributed by atoms with Gasteiger partial charge in [0.2, 0.25) is 11.8 Å². The van der Waals surface area contributed by atoms with Gasteiger partial charge in [-0.3, -0.25) is 9.59 Å². The SMILES string of the molecule is Cc1cccc(CC(=O)N(Cc2ccc(Cl)cc2Cl)[C@H](C)C(=O)NC2CCCCC2)c1. The highest BCUT2D eigenvalue weighted by Gasteiger charge is 2.28. The second-order valence-electron chi connectivity index (χ2n) is 8.44. The van der Waals surface area contributed by atoms with E-state index in [-0.39, 0.29) is 30.8 Å². The summed E-state index contributed by atoms with van der Waals surface area (Å²) in [5.41, 5.74) is 2.79. The highest BCUT2D eigenvalue weighted by molar-refractivity contribution is 6.35. The van der Waals surface area contributed by atoms with E-state index in [2.05, 4.69) is 5.32 Å². The summed E-state index contributed by atoms with van der Waals surface area (Å²) in [5, 5.41) is 4.17. The van der Waals surface area contributed by atoms with Crippen LogP contribution in [0.3, 0.4) is 0 Å². The number of carbonyl (C=O) groups excluding carboxylic acids is 2. The Bertz CT molecular complexity index is 925. The van der Waals surface area contributed by atoms with E-state index in [0.717, 1.165) is 42.4 Å². The fourth-order valence-corrected chi connectivity index (χ4v) is 4.55. The summed E-state index contributed by atoms with van der Waals surface area (Å²) in [6, 6.07) is 12.7. The molecule has 0 heterocycles. The van der Waals surface area contributed by atoms with Gasteiger partial charge in [-0.05, 0) is 49.9 Å². The molecule has 1 aliphatic carbocycles. The molecule has 2 amide bonds. The first-order valence-electron chi connectivity index (χ1n) is 10.9. The molecule has 0 aliphatic heterocycles. The lowest BCUT2D eigenvalue weighted by molar-refractivity contribution is -0.140. The summed E-state index contributed by atoms with van der Waals surface area (Å²) in [6.45, 7) is 4.04. The van der Waals surface area contributed by atoms with Crippen LogP contribution in [0.4, 0.5) is 0 Å². The molecule has 4 nitrogen and oxygen atoms in total. The molecule has 6 heteroatoms. The molecule has 31 heavy (non-hydrogen) atoms. The third-order valence-electron chi connectivity index (χ3n) is 5.91. The van der Waals surface area contributed by atoms with Gasteiger partial charge >= 0.3 is 0 Å². The van der Waals surface area contributed by atoms with Gasteiger partial charge in [-0.1, -0.05) is 78.4 Å². The van der Waals surface area contributed by atoms with E-state index in [1.54, 1.807) is 24.0 Å². The normalized spacial score (nSPS) is 15.4. The first kappa shape index (κ1) is 23.6. The minimum absolute atomic E-state index is 0.108. The van der Waals surface area contributed by atoms with Crippen molar-refractivity contribution in [1.82, 2.24) is 10.2 Å². The molecule has 0 aromatic heterocycles. The standard InChI is InChI=1S/C25H30Cl2N2O2/c1-17-7-6-8-19(13-17)14-24(30)29(16-20-11-12-21(26)15-23(20)27)18(2)25(31)28-22-9-4-3-5-10-22/h6-8,11-13,15,18,22H,3-5,9-10,14,16H2,1-2H3,(H,28,31)/t18-/m1/s1. The zero-order valence-electron chi connectivity index (χ0n) is 18.2. The van der Waals surface area contributed by atoms with Crippen LogP contribution in [-0.2, 0) is 22.6 Å². The van der Waals surface area contributed by atoms with Crippen LogP contribution in [0, 0.1) is 6.92 Å². The quantitative estimate of drug-likeness (QED) is 0.574. The number of nitrogens with one attached hydrogen (secondary N) is 1. The molecule has 0 spiro atoms. The summed E-state index contributed by atoms with van der Waals surface area (Å²) in [5.74, 6) is -0.225. The Morgan fingerprint density at radius 3 is 2.52 bits per heavy atom. The van der Waals surface area contributed by atoms with Crippen molar-refractivity contribution >= 4 is 35.0 Å². The van der Waals surface area contributed by atoms with Gasteiger partial charge in [0.15, 0.2) is 0 Å². The minimum Gasteiger partial charge on any atom is -0.352 e. The summed E-state index contributed by atoms with van der Waals surface area (Å²) < 4.78 is 0. The van der Waals surface area contributed by atoms with Gasteiger partial charge in [0.1, 0.15) is 6.04 Å². The molecule has 0 saturated heterocycles. The number of hydrogen-bond acceptors (Lipinski definition) is 2. The maximum atomic E-state index is 13.3. The van der Waals surface area contributed by atoms with Crippen LogP contribution in [0.1, 0.15) is 55.7 Å². The summed E-state index contributed by atoms with van der Waals surface area (Å²) in [6.07, 6.45) is 5.72. The number of rotatable bonds is 7. The highest BCUT2D eigenvalue weighted by atomic mass is 35.5. The first-order chi connectivity index (χ1) is 14.8. The molecule has 1 N–H and O–H groups in total. The maximum Gasteiger partial charge on any atom is 0.242 e. The Hall–Kier alpha value is -2.04. The van der Waals surface area contributed by atoms with Crippen LogP contribution in [0.5, 0.6) is 0 Å². The lowest BCUT2D eigenvalue weighted by Gasteiger charge is -2.31. The lowest BCUT2D eigenvalue weighted by atomic mass is 9.95. The van der Waals surface area contributed by atoms with Gasteiger partial charge in [-0.25, -0.2) is 0 Å². The summed E-state index contributed by atoms with van der Waals surface area (Å²) in [7, 11) is 0. The molecule has 1 saturated carbocycles. The number of amides is 2. The topological polar surface area (TPSA) is 49.4 Å². The minimum atomic E-state index is -0.606. The van der Waals surface area contributed by atoms with Gasteiger partial charge in [0.25, 0.3) is 0 Å². The number of nitrogens with zero attached hydrogens (tertiary/aromatic N) is 1. The number of carbonyl (C=O) groups is 2. The zero-order chi connectivity index (χ0) is 22.4. The first-order valence-corrected chi connectivity index (χ1v) is 11.7.